The van der Waals surface area contributed by atoms with E-state index in [9.17, 15) is 4.39 Å². The molecule has 1 heterocycles. The van der Waals surface area contributed by atoms with E-state index < -0.39 is 0 Å². The predicted octanol–water partition coefficient (Wildman–Crippen LogP) is 1.70. The zero-order chi connectivity index (χ0) is 13.1. The Labute approximate surface area is 106 Å². The average Bonchev–Trinajstić information content (AvgIpc) is 2.77. The Hall–Kier alpha value is -1.88. The third kappa shape index (κ3) is 2.36. The number of hydrogen-bond donors (Lipinski definition) is 1. The highest BCUT2D eigenvalue weighted by Gasteiger charge is 2.19. The summed E-state index contributed by atoms with van der Waals surface area (Å²) in [7, 11) is 3.82. The van der Waals surface area contributed by atoms with Gasteiger partial charge in [0.25, 0.3) is 0 Å². The standard InChI is InChI=1S/C13H17FN4/c1-17-9-16-8-13(17)12(7-15)18(2)11-5-3-4-10(14)6-11/h3-6,8-9,12H,7,15H2,1-2H3. The molecule has 0 spiro atoms. The van der Waals surface area contributed by atoms with Crippen molar-refractivity contribution in [1.29, 1.82) is 0 Å². The van der Waals surface area contributed by atoms with E-state index in [2.05, 4.69) is 4.98 Å². The molecule has 4 nitrogen and oxygen atoms in total. The third-order valence-electron chi connectivity index (χ3n) is 3.10. The molecule has 0 aliphatic carbocycles. The van der Waals surface area contributed by atoms with Crippen LogP contribution in [0, 0.1) is 5.82 Å². The number of likely N-dealkylation sites (N-methyl/N-ethyl adjacent to an activating group) is 1. The largest absolute Gasteiger partial charge is 0.365 e. The van der Waals surface area contributed by atoms with E-state index in [1.807, 2.05) is 29.6 Å². The first-order chi connectivity index (χ1) is 8.63. The van der Waals surface area contributed by atoms with Gasteiger partial charge in [-0.1, -0.05) is 6.07 Å². The monoisotopic (exact) mass is 248 g/mol. The highest BCUT2D eigenvalue weighted by atomic mass is 19.1. The second kappa shape index (κ2) is 5.18. The maximum Gasteiger partial charge on any atom is 0.125 e. The number of hydrogen-bond acceptors (Lipinski definition) is 3. The second-order valence-corrected chi connectivity index (χ2v) is 4.27. The number of aryl methyl sites for hydroxylation is 1. The van der Waals surface area contributed by atoms with Gasteiger partial charge < -0.3 is 15.2 Å². The van der Waals surface area contributed by atoms with Gasteiger partial charge in [-0.2, -0.15) is 0 Å². The molecule has 1 atom stereocenters. The number of nitrogens with zero attached hydrogens (tertiary/aromatic N) is 3. The van der Waals surface area contributed by atoms with E-state index in [1.165, 1.54) is 12.1 Å². The van der Waals surface area contributed by atoms with Gasteiger partial charge in [-0.05, 0) is 18.2 Å². The van der Waals surface area contributed by atoms with Crippen LogP contribution in [-0.2, 0) is 7.05 Å². The molecule has 1 aromatic carbocycles. The summed E-state index contributed by atoms with van der Waals surface area (Å²) in [5, 5.41) is 0. The van der Waals surface area contributed by atoms with Crippen molar-refractivity contribution in [1.82, 2.24) is 9.55 Å². The minimum absolute atomic E-state index is 0.0284. The molecule has 0 aliphatic heterocycles. The lowest BCUT2D eigenvalue weighted by Crippen LogP contribution is -2.31. The number of aromatic nitrogens is 2. The van der Waals surface area contributed by atoms with E-state index in [-0.39, 0.29) is 11.9 Å². The molecule has 0 saturated carbocycles. The van der Waals surface area contributed by atoms with Crippen molar-refractivity contribution in [2.45, 2.75) is 6.04 Å². The number of nitrogens with two attached hydrogens (primary N) is 1. The van der Waals surface area contributed by atoms with Gasteiger partial charge in [0.15, 0.2) is 0 Å². The van der Waals surface area contributed by atoms with Gasteiger partial charge >= 0.3 is 0 Å². The van der Waals surface area contributed by atoms with Gasteiger partial charge in [0, 0.05) is 26.3 Å². The number of halogens is 1. The lowest BCUT2D eigenvalue weighted by atomic mass is 10.1. The Morgan fingerprint density at radius 2 is 2.28 bits per heavy atom. The summed E-state index contributed by atoms with van der Waals surface area (Å²) in [5.74, 6) is -0.250. The SMILES string of the molecule is CN(c1cccc(F)c1)C(CN)c1cncn1C. The van der Waals surface area contributed by atoms with Crippen LogP contribution in [0.3, 0.4) is 0 Å². The van der Waals surface area contributed by atoms with E-state index in [1.54, 1.807) is 18.6 Å². The van der Waals surface area contributed by atoms with Crippen LogP contribution in [0.1, 0.15) is 11.7 Å². The van der Waals surface area contributed by atoms with Crippen LogP contribution in [0.4, 0.5) is 10.1 Å². The molecule has 0 radical (unpaired) electrons. The Bertz CT molecular complexity index is 523. The zero-order valence-corrected chi connectivity index (χ0v) is 10.5. The Morgan fingerprint density at radius 3 is 2.83 bits per heavy atom. The smallest absolute Gasteiger partial charge is 0.125 e. The van der Waals surface area contributed by atoms with E-state index >= 15 is 0 Å². The lowest BCUT2D eigenvalue weighted by molar-refractivity contribution is 0.613. The van der Waals surface area contributed by atoms with Gasteiger partial charge in [-0.15, -0.1) is 0 Å². The first-order valence-corrected chi connectivity index (χ1v) is 5.78. The molecule has 96 valence electrons. The van der Waals surface area contributed by atoms with Gasteiger partial charge in [-0.3, -0.25) is 0 Å². The van der Waals surface area contributed by atoms with E-state index in [0.717, 1.165) is 11.4 Å². The summed E-state index contributed by atoms with van der Waals surface area (Å²) in [6.45, 7) is 0.437. The summed E-state index contributed by atoms with van der Waals surface area (Å²) in [6, 6.07) is 6.46. The Kier molecular flexibility index (Phi) is 3.62. The molecule has 0 saturated heterocycles. The molecule has 2 aromatic rings. The predicted molar refractivity (Wildman–Crippen MR) is 69.8 cm³/mol. The maximum absolute atomic E-state index is 13.2. The zero-order valence-electron chi connectivity index (χ0n) is 10.5. The van der Waals surface area contributed by atoms with Gasteiger partial charge in [-0.25, -0.2) is 9.37 Å². The Morgan fingerprint density at radius 1 is 1.50 bits per heavy atom. The quantitative estimate of drug-likeness (QED) is 0.895. The topological polar surface area (TPSA) is 47.1 Å². The summed E-state index contributed by atoms with van der Waals surface area (Å²) < 4.78 is 15.2. The van der Waals surface area contributed by atoms with Gasteiger partial charge in [0.05, 0.1) is 24.3 Å². The fourth-order valence-corrected chi connectivity index (χ4v) is 2.04. The molecule has 0 bridgehead atoms. The number of rotatable bonds is 4. The van der Waals surface area contributed by atoms with Crippen molar-refractivity contribution in [3.63, 3.8) is 0 Å². The van der Waals surface area contributed by atoms with Crippen molar-refractivity contribution in [3.8, 4) is 0 Å². The Balaban J connectivity index is 2.31. The highest BCUT2D eigenvalue weighted by Crippen LogP contribution is 2.24. The average molecular weight is 248 g/mol. The van der Waals surface area contributed by atoms with Crippen LogP contribution >= 0.6 is 0 Å². The summed E-state index contributed by atoms with van der Waals surface area (Å²) >= 11 is 0. The van der Waals surface area contributed by atoms with Gasteiger partial charge in [0.2, 0.25) is 0 Å². The summed E-state index contributed by atoms with van der Waals surface area (Å²) in [4.78, 5) is 6.05. The van der Waals surface area contributed by atoms with Crippen molar-refractivity contribution in [3.05, 3.63) is 48.3 Å². The van der Waals surface area contributed by atoms with E-state index in [0.29, 0.717) is 6.54 Å². The maximum atomic E-state index is 13.2. The first-order valence-electron chi connectivity index (χ1n) is 5.78. The van der Waals surface area contributed by atoms with Crippen molar-refractivity contribution >= 4 is 5.69 Å². The molecule has 0 amide bonds. The molecule has 1 aromatic heterocycles. The molecular weight excluding hydrogens is 231 g/mol. The van der Waals surface area contributed by atoms with Crippen LogP contribution in [0.5, 0.6) is 0 Å². The van der Waals surface area contributed by atoms with Crippen molar-refractivity contribution in [2.75, 3.05) is 18.5 Å². The van der Waals surface area contributed by atoms with E-state index in [4.69, 9.17) is 5.73 Å². The number of imidazole rings is 1. The lowest BCUT2D eigenvalue weighted by Gasteiger charge is -2.29. The molecule has 0 fully saturated rings. The molecule has 1 unspecified atom stereocenters. The third-order valence-corrected chi connectivity index (χ3v) is 3.10. The molecule has 5 heteroatoms. The summed E-state index contributed by atoms with van der Waals surface area (Å²) in [5.41, 5.74) is 7.63. The van der Waals surface area contributed by atoms with Crippen LogP contribution < -0.4 is 10.6 Å². The fourth-order valence-electron chi connectivity index (χ4n) is 2.04. The minimum atomic E-state index is -0.250. The second-order valence-electron chi connectivity index (χ2n) is 4.27. The molecule has 18 heavy (non-hydrogen) atoms. The highest BCUT2D eigenvalue weighted by molar-refractivity contribution is 5.47. The van der Waals surface area contributed by atoms with Gasteiger partial charge in [0.1, 0.15) is 5.82 Å². The van der Waals surface area contributed by atoms with Crippen LogP contribution in [-0.4, -0.2) is 23.1 Å². The van der Waals surface area contributed by atoms with Crippen LogP contribution in [0.25, 0.3) is 0 Å². The molecule has 2 rings (SSSR count). The summed E-state index contributed by atoms with van der Waals surface area (Å²) in [6.07, 6.45) is 3.52. The van der Waals surface area contributed by atoms with Crippen molar-refractivity contribution in [2.24, 2.45) is 12.8 Å². The fraction of sp³-hybridized carbons (Fsp3) is 0.308. The molecular formula is C13H17FN4. The van der Waals surface area contributed by atoms with Crippen molar-refractivity contribution < 1.29 is 4.39 Å². The van der Waals surface area contributed by atoms with Crippen LogP contribution in [0.2, 0.25) is 0 Å². The minimum Gasteiger partial charge on any atom is -0.365 e. The molecule has 0 aliphatic rings. The first kappa shape index (κ1) is 12.6. The number of anilines is 1. The van der Waals surface area contributed by atoms with Crippen LogP contribution in [0.15, 0.2) is 36.8 Å². The normalized spacial score (nSPS) is 12.4. The molecule has 2 N–H and O–H groups in total. The number of benzene rings is 1.